The number of carbonyl (C=O) groups excluding carboxylic acids is 2. The third kappa shape index (κ3) is 4.21. The van der Waals surface area contributed by atoms with Crippen LogP contribution < -0.4 is 5.32 Å². The van der Waals surface area contributed by atoms with Gasteiger partial charge >= 0.3 is 5.97 Å². The van der Waals surface area contributed by atoms with E-state index in [9.17, 15) is 19.5 Å². The van der Waals surface area contributed by atoms with Crippen molar-refractivity contribution in [1.82, 2.24) is 0 Å². The van der Waals surface area contributed by atoms with Crippen LogP contribution in [0, 0.1) is 0 Å². The van der Waals surface area contributed by atoms with Gasteiger partial charge in [0.05, 0.1) is 11.1 Å². The Balaban J connectivity index is 2.55. The highest BCUT2D eigenvalue weighted by Gasteiger charge is 2.28. The minimum Gasteiger partial charge on any atom is -0.478 e. The summed E-state index contributed by atoms with van der Waals surface area (Å²) in [5, 5.41) is 12.1. The number of hydrogen-bond acceptors (Lipinski definition) is 3. The fraction of sp³-hybridized carbons (Fsp3) is 0.0625. The van der Waals surface area contributed by atoms with Gasteiger partial charge in [-0.1, -0.05) is 12.1 Å². The molecule has 2 aromatic carbocycles. The molecule has 0 unspecified atom stereocenters. The van der Waals surface area contributed by atoms with Crippen molar-refractivity contribution in [2.75, 3.05) is 5.32 Å². The summed E-state index contributed by atoms with van der Waals surface area (Å²) in [4.78, 5) is 35.8. The van der Waals surface area contributed by atoms with E-state index in [0.717, 1.165) is 0 Å². The molecule has 2 rings (SSSR count). The molecule has 130 valence electrons. The summed E-state index contributed by atoms with van der Waals surface area (Å²) in [5.74, 6) is -2.03. The molecule has 9 heteroatoms. The number of carboxylic acid groups (broad SMARTS) is 1. The Kier molecular flexibility index (Phi) is 6.58. The number of aromatic carboxylic acids is 1. The van der Waals surface area contributed by atoms with Crippen molar-refractivity contribution in [3.63, 3.8) is 0 Å². The van der Waals surface area contributed by atoms with Gasteiger partial charge in [-0.3, -0.25) is 9.59 Å². The van der Waals surface area contributed by atoms with Crippen LogP contribution >= 0.6 is 63.7 Å². The maximum absolute atomic E-state index is 12.7. The third-order valence-corrected chi connectivity index (χ3v) is 8.00. The predicted molar refractivity (Wildman–Crippen MR) is 109 cm³/mol. The summed E-state index contributed by atoms with van der Waals surface area (Å²) >= 11 is 13.0. The molecule has 0 aliphatic heterocycles. The Labute approximate surface area is 176 Å². The highest BCUT2D eigenvalue weighted by atomic mass is 79.9. The van der Waals surface area contributed by atoms with E-state index in [4.69, 9.17) is 0 Å². The van der Waals surface area contributed by atoms with Crippen LogP contribution in [0.4, 0.5) is 5.69 Å². The van der Waals surface area contributed by atoms with E-state index in [0.29, 0.717) is 24.7 Å². The van der Waals surface area contributed by atoms with Gasteiger partial charge in [-0.25, -0.2) is 4.79 Å². The SMILES string of the molecule is CC(=O)c1cccc(NC(=O)c2c(Br)c(Br)c(Br)c(Br)c2C(=O)O)c1. The molecule has 2 N–H and O–H groups in total. The standard InChI is InChI=1S/C16H9Br4NO4/c1-6(22)7-3-2-4-8(5-7)21-15(23)9-10(16(24)25)12(18)14(20)13(19)11(9)17/h2-5H,1H3,(H,21,23)(H,24,25). The maximum atomic E-state index is 12.7. The number of Topliss-reactive ketones (excluding diaryl/α,β-unsaturated/α-hetero) is 1. The van der Waals surface area contributed by atoms with Crippen molar-refractivity contribution in [2.45, 2.75) is 6.92 Å². The number of carboxylic acids is 1. The van der Waals surface area contributed by atoms with Gasteiger partial charge < -0.3 is 10.4 Å². The smallest absolute Gasteiger partial charge is 0.337 e. The average Bonchev–Trinajstić information content (AvgIpc) is 2.55. The molecule has 0 aromatic heterocycles. The Bertz CT molecular complexity index is 911. The largest absolute Gasteiger partial charge is 0.478 e. The number of ketones is 1. The van der Waals surface area contributed by atoms with Crippen molar-refractivity contribution >= 4 is 87.1 Å². The second kappa shape index (κ2) is 8.11. The van der Waals surface area contributed by atoms with Crippen LogP contribution in [0.2, 0.25) is 0 Å². The number of nitrogens with one attached hydrogen (secondary N) is 1. The van der Waals surface area contributed by atoms with Gasteiger partial charge in [0, 0.05) is 29.1 Å². The maximum Gasteiger partial charge on any atom is 0.337 e. The Hall–Kier alpha value is -1.03. The number of carbonyl (C=O) groups is 3. The topological polar surface area (TPSA) is 83.5 Å². The molecule has 5 nitrogen and oxygen atoms in total. The highest BCUT2D eigenvalue weighted by Crippen LogP contribution is 2.42. The lowest BCUT2D eigenvalue weighted by molar-refractivity contribution is 0.0691. The van der Waals surface area contributed by atoms with Crippen molar-refractivity contribution in [3.05, 3.63) is 58.8 Å². The molecular weight excluding hydrogens is 590 g/mol. The normalized spacial score (nSPS) is 10.4. The third-order valence-electron chi connectivity index (χ3n) is 3.23. The van der Waals surface area contributed by atoms with Gasteiger partial charge in [0.25, 0.3) is 5.91 Å². The van der Waals surface area contributed by atoms with E-state index in [-0.39, 0.29) is 21.4 Å². The first kappa shape index (κ1) is 20.3. The summed E-state index contributed by atoms with van der Waals surface area (Å²) in [5.41, 5.74) is 0.578. The first-order valence-electron chi connectivity index (χ1n) is 6.66. The molecule has 0 aliphatic rings. The minimum absolute atomic E-state index is 0.0531. The van der Waals surface area contributed by atoms with Crippen molar-refractivity contribution < 1.29 is 19.5 Å². The van der Waals surface area contributed by atoms with Crippen LogP contribution in [-0.2, 0) is 0 Å². The van der Waals surface area contributed by atoms with Crippen LogP contribution in [-0.4, -0.2) is 22.8 Å². The first-order chi connectivity index (χ1) is 11.6. The van der Waals surface area contributed by atoms with Crippen molar-refractivity contribution in [1.29, 1.82) is 0 Å². The van der Waals surface area contributed by atoms with E-state index in [1.165, 1.54) is 13.0 Å². The number of rotatable bonds is 4. The molecule has 0 atom stereocenters. The number of hydrogen-bond donors (Lipinski definition) is 2. The molecule has 0 heterocycles. The Morgan fingerprint density at radius 1 is 0.920 bits per heavy atom. The van der Waals surface area contributed by atoms with Crippen molar-refractivity contribution in [2.24, 2.45) is 0 Å². The second-order valence-corrected chi connectivity index (χ2v) is 8.07. The van der Waals surface area contributed by atoms with E-state index >= 15 is 0 Å². The lowest BCUT2D eigenvalue weighted by Crippen LogP contribution is -2.18. The molecule has 0 spiro atoms. The molecule has 0 saturated heterocycles. The van der Waals surface area contributed by atoms with E-state index in [1.54, 1.807) is 18.2 Å². The molecule has 0 bridgehead atoms. The summed E-state index contributed by atoms with van der Waals surface area (Å²) in [6.07, 6.45) is 0. The molecular formula is C16H9Br4NO4. The van der Waals surface area contributed by atoms with Crippen LogP contribution in [0.5, 0.6) is 0 Å². The summed E-state index contributed by atoms with van der Waals surface area (Å²) < 4.78 is 1.48. The summed E-state index contributed by atoms with van der Waals surface area (Å²) in [6.45, 7) is 1.42. The quantitative estimate of drug-likeness (QED) is 0.261. The zero-order chi connectivity index (χ0) is 18.9. The second-order valence-electron chi connectivity index (χ2n) is 4.90. The molecule has 0 fully saturated rings. The summed E-state index contributed by atoms with van der Waals surface area (Å²) in [7, 11) is 0. The molecule has 1 amide bonds. The first-order valence-corrected chi connectivity index (χ1v) is 9.84. The lowest BCUT2D eigenvalue weighted by atomic mass is 10.1. The molecule has 0 radical (unpaired) electrons. The Morgan fingerprint density at radius 3 is 2.00 bits per heavy atom. The van der Waals surface area contributed by atoms with Gasteiger partial charge in [0.15, 0.2) is 5.78 Å². The predicted octanol–water partition coefficient (Wildman–Crippen LogP) is 5.89. The van der Waals surface area contributed by atoms with E-state index in [1.807, 2.05) is 0 Å². The van der Waals surface area contributed by atoms with E-state index < -0.39 is 11.9 Å². The number of amides is 1. The highest BCUT2D eigenvalue weighted by molar-refractivity contribution is 9.15. The number of halogens is 4. The fourth-order valence-corrected chi connectivity index (χ4v) is 4.52. The fourth-order valence-electron chi connectivity index (χ4n) is 2.06. The molecule has 25 heavy (non-hydrogen) atoms. The lowest BCUT2D eigenvalue weighted by Gasteiger charge is -2.15. The van der Waals surface area contributed by atoms with Gasteiger partial charge in [0.1, 0.15) is 0 Å². The van der Waals surface area contributed by atoms with Gasteiger partial charge in [-0.05, 0) is 82.8 Å². The number of benzene rings is 2. The van der Waals surface area contributed by atoms with E-state index in [2.05, 4.69) is 69.0 Å². The van der Waals surface area contributed by atoms with Gasteiger partial charge in [-0.2, -0.15) is 0 Å². The average molecular weight is 599 g/mol. The van der Waals surface area contributed by atoms with Gasteiger partial charge in [-0.15, -0.1) is 0 Å². The van der Waals surface area contributed by atoms with Crippen LogP contribution in [0.15, 0.2) is 42.2 Å². The monoisotopic (exact) mass is 595 g/mol. The van der Waals surface area contributed by atoms with Crippen LogP contribution in [0.3, 0.4) is 0 Å². The molecule has 2 aromatic rings. The van der Waals surface area contributed by atoms with Gasteiger partial charge in [0.2, 0.25) is 0 Å². The Morgan fingerprint density at radius 2 is 1.48 bits per heavy atom. The minimum atomic E-state index is -1.26. The van der Waals surface area contributed by atoms with Crippen LogP contribution in [0.1, 0.15) is 38.0 Å². The van der Waals surface area contributed by atoms with Crippen molar-refractivity contribution in [3.8, 4) is 0 Å². The van der Waals surface area contributed by atoms with Crippen LogP contribution in [0.25, 0.3) is 0 Å². The zero-order valence-electron chi connectivity index (χ0n) is 12.5. The number of anilines is 1. The zero-order valence-corrected chi connectivity index (χ0v) is 18.8. The summed E-state index contributed by atoms with van der Waals surface area (Å²) in [6, 6.07) is 6.40. The molecule has 0 aliphatic carbocycles. The molecule has 0 saturated carbocycles.